The average Bonchev–Trinajstić information content (AvgIpc) is 2.80. The van der Waals surface area contributed by atoms with Gasteiger partial charge in [0.25, 0.3) is 0 Å². The van der Waals surface area contributed by atoms with Gasteiger partial charge in [-0.3, -0.25) is 0 Å². The molecule has 1 aliphatic carbocycles. The summed E-state index contributed by atoms with van der Waals surface area (Å²) in [6.45, 7) is 2.27. The quantitative estimate of drug-likeness (QED) is 0.381. The maximum absolute atomic E-state index is 2.35. The van der Waals surface area contributed by atoms with E-state index in [1.807, 2.05) is 0 Å². The summed E-state index contributed by atoms with van der Waals surface area (Å²) in [5.74, 6) is 0. The maximum atomic E-state index is 2.35. The van der Waals surface area contributed by atoms with Crippen molar-refractivity contribution in [3.8, 4) is 0 Å². The zero-order chi connectivity index (χ0) is 7.94. The van der Waals surface area contributed by atoms with Crippen molar-refractivity contribution in [1.29, 1.82) is 0 Å². The molecule has 64 valence electrons. The smallest absolute Gasteiger partial charge is 0.0136 e. The highest BCUT2D eigenvalue weighted by molar-refractivity contribution is 5.21. The summed E-state index contributed by atoms with van der Waals surface area (Å²) in [5.41, 5.74) is 1.71. The molecule has 0 spiro atoms. The molecule has 0 heteroatoms. The lowest BCUT2D eigenvalue weighted by Crippen LogP contribution is -1.77. The Morgan fingerprint density at radius 2 is 1.73 bits per heavy atom. The van der Waals surface area contributed by atoms with E-state index >= 15 is 0 Å². The monoisotopic (exact) mass is 152 g/mol. The average molecular weight is 152 g/mol. The van der Waals surface area contributed by atoms with Crippen LogP contribution in [0.15, 0.2) is 11.6 Å². The molecule has 0 amide bonds. The van der Waals surface area contributed by atoms with Crippen molar-refractivity contribution in [3.63, 3.8) is 0 Å². The standard InChI is InChI=1S/C11H20/c1-2-3-4-5-6-7-8-11-9-10-11/h9H,2-8,10H2,1H3. The van der Waals surface area contributed by atoms with Gasteiger partial charge in [0, 0.05) is 0 Å². The van der Waals surface area contributed by atoms with E-state index in [9.17, 15) is 0 Å². The predicted octanol–water partition coefficient (Wildman–Crippen LogP) is 4.07. The lowest BCUT2D eigenvalue weighted by Gasteiger charge is -1.97. The van der Waals surface area contributed by atoms with Crippen LogP contribution in [0.5, 0.6) is 0 Å². The first kappa shape index (κ1) is 8.83. The second-order valence-electron chi connectivity index (χ2n) is 3.58. The summed E-state index contributed by atoms with van der Waals surface area (Å²) in [5, 5.41) is 0. The molecule has 0 bridgehead atoms. The Bertz CT molecular complexity index is 122. The van der Waals surface area contributed by atoms with E-state index in [1.54, 1.807) is 5.57 Å². The van der Waals surface area contributed by atoms with Crippen molar-refractivity contribution in [2.24, 2.45) is 0 Å². The molecule has 0 radical (unpaired) electrons. The molecule has 1 rings (SSSR count). The lowest BCUT2D eigenvalue weighted by atomic mass is 10.1. The molecule has 0 unspecified atom stereocenters. The van der Waals surface area contributed by atoms with Gasteiger partial charge in [-0.25, -0.2) is 0 Å². The fourth-order valence-electron chi connectivity index (χ4n) is 1.41. The van der Waals surface area contributed by atoms with Gasteiger partial charge in [0.1, 0.15) is 0 Å². The highest BCUT2D eigenvalue weighted by Crippen LogP contribution is 2.24. The molecule has 11 heavy (non-hydrogen) atoms. The molecule has 0 saturated heterocycles. The summed E-state index contributed by atoms with van der Waals surface area (Å²) in [7, 11) is 0. The van der Waals surface area contributed by atoms with Crippen LogP contribution >= 0.6 is 0 Å². The zero-order valence-electron chi connectivity index (χ0n) is 7.73. The van der Waals surface area contributed by atoms with Gasteiger partial charge in [-0.15, -0.1) is 0 Å². The third-order valence-corrected chi connectivity index (χ3v) is 2.34. The van der Waals surface area contributed by atoms with Crippen molar-refractivity contribution in [1.82, 2.24) is 0 Å². The predicted molar refractivity (Wildman–Crippen MR) is 50.7 cm³/mol. The number of hydrogen-bond acceptors (Lipinski definition) is 0. The molecular formula is C11H20. The van der Waals surface area contributed by atoms with Gasteiger partial charge >= 0.3 is 0 Å². The number of allylic oxidation sites excluding steroid dienone is 2. The normalized spacial score (nSPS) is 14.8. The highest BCUT2D eigenvalue weighted by atomic mass is 14.1. The SMILES string of the molecule is CCCCCCCCC1=CC1. The molecule has 0 aliphatic heterocycles. The summed E-state index contributed by atoms with van der Waals surface area (Å²) in [6.07, 6.45) is 13.7. The van der Waals surface area contributed by atoms with Crippen molar-refractivity contribution < 1.29 is 0 Å². The fourth-order valence-corrected chi connectivity index (χ4v) is 1.41. The Labute approximate surface area is 70.7 Å². The molecule has 0 aromatic heterocycles. The van der Waals surface area contributed by atoms with E-state index in [2.05, 4.69) is 13.0 Å². The Kier molecular flexibility index (Phi) is 4.33. The van der Waals surface area contributed by atoms with Crippen molar-refractivity contribution >= 4 is 0 Å². The van der Waals surface area contributed by atoms with Crippen LogP contribution in [-0.2, 0) is 0 Å². The third-order valence-electron chi connectivity index (χ3n) is 2.34. The second kappa shape index (κ2) is 5.40. The third kappa shape index (κ3) is 5.06. The topological polar surface area (TPSA) is 0 Å². The van der Waals surface area contributed by atoms with Crippen LogP contribution in [0, 0.1) is 0 Å². The van der Waals surface area contributed by atoms with Gasteiger partial charge in [0.2, 0.25) is 0 Å². The van der Waals surface area contributed by atoms with Gasteiger partial charge < -0.3 is 0 Å². The largest absolute Gasteiger partial charge is 0.0810 e. The van der Waals surface area contributed by atoms with Gasteiger partial charge in [0.05, 0.1) is 0 Å². The minimum absolute atomic E-state index is 1.33. The van der Waals surface area contributed by atoms with Crippen molar-refractivity contribution in [2.45, 2.75) is 58.3 Å². The van der Waals surface area contributed by atoms with Gasteiger partial charge in [-0.1, -0.05) is 50.7 Å². The van der Waals surface area contributed by atoms with Gasteiger partial charge in [-0.05, 0) is 19.3 Å². The van der Waals surface area contributed by atoms with Crippen LogP contribution in [0.25, 0.3) is 0 Å². The van der Waals surface area contributed by atoms with E-state index in [4.69, 9.17) is 0 Å². The fraction of sp³-hybridized carbons (Fsp3) is 0.818. The summed E-state index contributed by atoms with van der Waals surface area (Å²) in [4.78, 5) is 0. The molecule has 0 aromatic carbocycles. The van der Waals surface area contributed by atoms with Gasteiger partial charge in [-0.2, -0.15) is 0 Å². The van der Waals surface area contributed by atoms with Crippen LogP contribution in [0.1, 0.15) is 58.3 Å². The molecule has 0 N–H and O–H groups in total. The van der Waals surface area contributed by atoms with Crippen molar-refractivity contribution in [2.75, 3.05) is 0 Å². The van der Waals surface area contributed by atoms with Crippen LogP contribution in [0.2, 0.25) is 0 Å². The summed E-state index contributed by atoms with van der Waals surface area (Å²) >= 11 is 0. The second-order valence-corrected chi connectivity index (χ2v) is 3.58. The Morgan fingerprint density at radius 3 is 2.36 bits per heavy atom. The Balaban J connectivity index is 1.69. The summed E-state index contributed by atoms with van der Waals surface area (Å²) < 4.78 is 0. The van der Waals surface area contributed by atoms with Crippen LogP contribution < -0.4 is 0 Å². The van der Waals surface area contributed by atoms with E-state index in [0.717, 1.165) is 0 Å². The molecular weight excluding hydrogens is 132 g/mol. The molecule has 0 saturated carbocycles. The first-order valence-corrected chi connectivity index (χ1v) is 5.11. The van der Waals surface area contributed by atoms with E-state index in [-0.39, 0.29) is 0 Å². The molecule has 0 aromatic rings. The zero-order valence-corrected chi connectivity index (χ0v) is 7.73. The maximum Gasteiger partial charge on any atom is -0.0136 e. The van der Waals surface area contributed by atoms with E-state index in [1.165, 1.54) is 51.4 Å². The Morgan fingerprint density at radius 1 is 1.09 bits per heavy atom. The minimum atomic E-state index is 1.33. The minimum Gasteiger partial charge on any atom is -0.0810 e. The number of rotatable bonds is 7. The van der Waals surface area contributed by atoms with Crippen molar-refractivity contribution in [3.05, 3.63) is 11.6 Å². The first-order valence-electron chi connectivity index (χ1n) is 5.11. The van der Waals surface area contributed by atoms with Crippen LogP contribution in [-0.4, -0.2) is 0 Å². The molecule has 1 aliphatic rings. The number of hydrogen-bond donors (Lipinski definition) is 0. The first-order chi connectivity index (χ1) is 5.43. The van der Waals surface area contributed by atoms with E-state index < -0.39 is 0 Å². The van der Waals surface area contributed by atoms with E-state index in [0.29, 0.717) is 0 Å². The summed E-state index contributed by atoms with van der Waals surface area (Å²) in [6, 6.07) is 0. The molecule has 0 nitrogen and oxygen atoms in total. The molecule has 0 fully saturated rings. The number of unbranched alkanes of at least 4 members (excludes halogenated alkanes) is 5. The van der Waals surface area contributed by atoms with Crippen LogP contribution in [0.4, 0.5) is 0 Å². The Hall–Kier alpha value is -0.260. The molecule has 0 heterocycles. The van der Waals surface area contributed by atoms with Gasteiger partial charge in [0.15, 0.2) is 0 Å². The lowest BCUT2D eigenvalue weighted by molar-refractivity contribution is 0.608. The highest BCUT2D eigenvalue weighted by Gasteiger charge is 2.04. The van der Waals surface area contributed by atoms with Crippen LogP contribution in [0.3, 0.4) is 0 Å². The molecule has 0 atom stereocenters.